The molecule has 1 radical (unpaired) electrons. The largest absolute Gasteiger partial charge is 1.00 e. The van der Waals surface area contributed by atoms with E-state index in [1.54, 1.807) is 0 Å². The van der Waals surface area contributed by atoms with Gasteiger partial charge < -0.3 is 30.6 Å². The summed E-state index contributed by atoms with van der Waals surface area (Å²) in [5, 5.41) is 49.7. The Bertz CT molecular complexity index is 446. The van der Waals surface area contributed by atoms with Gasteiger partial charge in [-0.15, -0.1) is 0 Å². The molecule has 0 rings (SSSR count). The average molecular weight is 450 g/mol. The van der Waals surface area contributed by atoms with Crippen molar-refractivity contribution in [1.29, 1.82) is 0 Å². The number of aliphatic carboxylic acids is 6. The van der Waals surface area contributed by atoms with Crippen LogP contribution >= 0.6 is 0 Å². The third kappa shape index (κ3) is 23.3. The third-order valence-corrected chi connectivity index (χ3v) is 2.15. The first-order valence-corrected chi connectivity index (χ1v) is 6.59. The normalized spacial score (nSPS) is 9.56. The minimum absolute atomic E-state index is 0. The van der Waals surface area contributed by atoms with Crippen molar-refractivity contribution in [3.63, 3.8) is 0 Å². The van der Waals surface area contributed by atoms with Crippen molar-refractivity contribution in [1.82, 2.24) is 9.80 Å². The van der Waals surface area contributed by atoms with E-state index in [0.717, 1.165) is 9.80 Å². The van der Waals surface area contributed by atoms with Crippen molar-refractivity contribution in [2.24, 2.45) is 0 Å². The van der Waals surface area contributed by atoms with E-state index in [4.69, 9.17) is 30.6 Å². The van der Waals surface area contributed by atoms with Crippen molar-refractivity contribution in [2.45, 2.75) is 0 Å². The molecule has 0 aliphatic carbocycles. The summed E-state index contributed by atoms with van der Waals surface area (Å²) in [7, 11) is 0. The molecule has 0 heterocycles. The molecule has 0 spiro atoms. The SMILES string of the molecule is O=C(O)CN(CC(=O)O)CC(=O)O.O=C(O)CN(CC(=O)O)CC(=O)O.[Cu].[H+].[H+].[H+].[H+]. The van der Waals surface area contributed by atoms with Crippen molar-refractivity contribution in [3.05, 3.63) is 0 Å². The molecule has 27 heavy (non-hydrogen) atoms. The molecule has 0 aromatic rings. The molecule has 0 amide bonds. The second-order valence-corrected chi connectivity index (χ2v) is 4.65. The molecule has 0 atom stereocenters. The maximum absolute atomic E-state index is 10.1. The Morgan fingerprint density at radius 3 is 0.630 bits per heavy atom. The molecule has 0 saturated heterocycles. The molecule has 159 valence electrons. The summed E-state index contributed by atoms with van der Waals surface area (Å²) >= 11 is 0. The van der Waals surface area contributed by atoms with Gasteiger partial charge in [0, 0.05) is 17.1 Å². The summed E-state index contributed by atoms with van der Waals surface area (Å²) in [6, 6.07) is 0. The van der Waals surface area contributed by atoms with E-state index in [9.17, 15) is 28.8 Å². The first-order chi connectivity index (χ1) is 11.8. The maximum Gasteiger partial charge on any atom is 1.00 e. The smallest absolute Gasteiger partial charge is 0.480 e. The average Bonchev–Trinajstić information content (AvgIpc) is 2.33. The van der Waals surface area contributed by atoms with Gasteiger partial charge in [-0.05, 0) is 0 Å². The molecule has 0 bridgehead atoms. The quantitative estimate of drug-likeness (QED) is 0.169. The van der Waals surface area contributed by atoms with Crippen LogP contribution in [0.25, 0.3) is 0 Å². The van der Waals surface area contributed by atoms with E-state index in [1.165, 1.54) is 0 Å². The third-order valence-electron chi connectivity index (χ3n) is 2.15. The Morgan fingerprint density at radius 1 is 0.444 bits per heavy atom. The molecule has 0 unspecified atom stereocenters. The van der Waals surface area contributed by atoms with E-state index in [1.807, 2.05) is 0 Å². The summed E-state index contributed by atoms with van der Waals surface area (Å²) in [5.41, 5.74) is 0. The zero-order chi connectivity index (χ0) is 20.9. The van der Waals surface area contributed by atoms with Crippen LogP contribution in [0.1, 0.15) is 5.71 Å². The molecule has 0 aromatic heterocycles. The van der Waals surface area contributed by atoms with Crippen LogP contribution in [0.4, 0.5) is 0 Å². The summed E-state index contributed by atoms with van der Waals surface area (Å²) in [4.78, 5) is 62.5. The maximum atomic E-state index is 10.1. The van der Waals surface area contributed by atoms with Crippen LogP contribution in [0, 0.1) is 0 Å². The van der Waals surface area contributed by atoms with Gasteiger partial charge in [-0.25, -0.2) is 0 Å². The molecule has 0 aliphatic rings. The molecule has 14 nitrogen and oxygen atoms in total. The van der Waals surface area contributed by atoms with Crippen LogP contribution in [0.3, 0.4) is 0 Å². The van der Waals surface area contributed by atoms with Crippen molar-refractivity contribution >= 4 is 35.8 Å². The van der Waals surface area contributed by atoms with Crippen molar-refractivity contribution in [3.8, 4) is 0 Å². The standard InChI is InChI=1S/2C6H9NO6.Cu/c2*8-4(9)1-7(2-5(10)11)3-6(12)13;/h2*1-3H2,(H,8,9)(H,10,11)(H,12,13);/p+4. The fourth-order valence-corrected chi connectivity index (χ4v) is 1.48. The minimum atomic E-state index is -1.26. The van der Waals surface area contributed by atoms with Gasteiger partial charge in [0.05, 0.1) is 39.3 Å². The monoisotopic (exact) mass is 449 g/mol. The topological polar surface area (TPSA) is 230 Å². The first kappa shape index (κ1) is 29.0. The molecule has 0 fully saturated rings. The van der Waals surface area contributed by atoms with Crippen molar-refractivity contribution < 1.29 is 82.2 Å². The Kier molecular flexibility index (Phi) is 16.7. The van der Waals surface area contributed by atoms with E-state index in [2.05, 4.69) is 0 Å². The van der Waals surface area contributed by atoms with Crippen LogP contribution in [0.5, 0.6) is 0 Å². The van der Waals surface area contributed by atoms with Gasteiger partial charge in [-0.3, -0.25) is 38.6 Å². The van der Waals surface area contributed by atoms with Crippen LogP contribution in [-0.4, -0.2) is 116 Å². The van der Waals surface area contributed by atoms with Gasteiger partial charge in [0.2, 0.25) is 0 Å². The number of nitrogens with zero attached hydrogens (tertiary/aromatic N) is 2. The number of rotatable bonds is 12. The number of carboxylic acid groups (broad SMARTS) is 6. The van der Waals surface area contributed by atoms with Crippen LogP contribution in [0.2, 0.25) is 0 Å². The second kappa shape index (κ2) is 15.5. The zero-order valence-electron chi connectivity index (χ0n) is 17.6. The minimum Gasteiger partial charge on any atom is -0.480 e. The van der Waals surface area contributed by atoms with Gasteiger partial charge >= 0.3 is 41.5 Å². The molecule has 0 saturated carbocycles. The molecule has 15 heteroatoms. The van der Waals surface area contributed by atoms with Gasteiger partial charge in [0.1, 0.15) is 0 Å². The van der Waals surface area contributed by atoms with Gasteiger partial charge in [0.15, 0.2) is 0 Å². The van der Waals surface area contributed by atoms with Gasteiger partial charge in [-0.2, -0.15) is 0 Å². The van der Waals surface area contributed by atoms with Crippen LogP contribution in [0.15, 0.2) is 0 Å². The Balaban J connectivity index is -0.0000000640. The van der Waals surface area contributed by atoms with Crippen molar-refractivity contribution in [2.75, 3.05) is 39.3 Å². The number of carbonyl (C=O) groups is 6. The second-order valence-electron chi connectivity index (χ2n) is 4.65. The fraction of sp³-hybridized carbons (Fsp3) is 0.500. The van der Waals surface area contributed by atoms with Gasteiger partial charge in [-0.1, -0.05) is 0 Å². The van der Waals surface area contributed by atoms with E-state index in [-0.39, 0.29) is 22.8 Å². The zero-order valence-corrected chi connectivity index (χ0v) is 14.5. The Hall–Kier alpha value is -2.74. The number of hydrogen-bond acceptors (Lipinski definition) is 8. The summed E-state index contributed by atoms with van der Waals surface area (Å²) in [5.74, 6) is -7.57. The van der Waals surface area contributed by atoms with E-state index < -0.39 is 75.1 Å². The van der Waals surface area contributed by atoms with Gasteiger partial charge in [0.25, 0.3) is 0 Å². The van der Waals surface area contributed by atoms with Crippen LogP contribution in [-0.2, 0) is 45.8 Å². The summed E-state index contributed by atoms with van der Waals surface area (Å²) in [6.07, 6.45) is 0. The van der Waals surface area contributed by atoms with Crippen LogP contribution < -0.4 is 0 Å². The molecule has 0 aromatic carbocycles. The Labute approximate surface area is 168 Å². The Morgan fingerprint density at radius 2 is 0.556 bits per heavy atom. The molecular weight excluding hydrogens is 428 g/mol. The number of hydrogen-bond donors (Lipinski definition) is 6. The van der Waals surface area contributed by atoms with E-state index in [0.29, 0.717) is 0 Å². The predicted octanol–water partition coefficient (Wildman–Crippen LogP) is -2.47. The van der Waals surface area contributed by atoms with E-state index >= 15 is 0 Å². The molecule has 0 aliphatic heterocycles. The molecular formula is C12H22CuN2O12+4. The summed E-state index contributed by atoms with van der Waals surface area (Å²) < 4.78 is 0. The number of carboxylic acids is 6. The molecule has 6 N–H and O–H groups in total. The fourth-order valence-electron chi connectivity index (χ4n) is 1.48. The first-order valence-electron chi connectivity index (χ1n) is 6.59. The summed E-state index contributed by atoms with van der Waals surface area (Å²) in [6.45, 7) is -3.59. The predicted molar refractivity (Wildman–Crippen MR) is 83.1 cm³/mol.